The van der Waals surface area contributed by atoms with Gasteiger partial charge in [0.1, 0.15) is 5.69 Å². The van der Waals surface area contributed by atoms with E-state index in [1.54, 1.807) is 18.2 Å². The molecule has 2 aromatic carbocycles. The molecule has 0 amide bonds. The first-order chi connectivity index (χ1) is 13.3. The molecular weight excluding hydrogens is 424 g/mol. The minimum absolute atomic E-state index is 0. The van der Waals surface area contributed by atoms with Crippen molar-refractivity contribution in [3.63, 3.8) is 0 Å². The average molecular weight is 448 g/mol. The lowest BCUT2D eigenvalue weighted by molar-refractivity contribution is 0.142. The number of anilines is 3. The summed E-state index contributed by atoms with van der Waals surface area (Å²) in [6, 6.07) is 10.0. The van der Waals surface area contributed by atoms with Crippen LogP contribution in [0.1, 0.15) is 13.8 Å². The number of para-hydroxylation sites is 3. The Morgan fingerprint density at radius 2 is 1.62 bits per heavy atom. The molecule has 1 N–H and O–H groups in total. The summed E-state index contributed by atoms with van der Waals surface area (Å²) in [5.41, 5.74) is -0.0541. The van der Waals surface area contributed by atoms with Crippen molar-refractivity contribution in [2.45, 2.75) is 19.9 Å². The van der Waals surface area contributed by atoms with E-state index in [2.05, 4.69) is 5.32 Å². The van der Waals surface area contributed by atoms with E-state index in [1.165, 1.54) is 12.1 Å². The van der Waals surface area contributed by atoms with Crippen LogP contribution in [-0.4, -0.2) is 40.8 Å². The van der Waals surface area contributed by atoms with E-state index in [9.17, 15) is 17.2 Å². The molecule has 2 aromatic rings. The molecule has 0 saturated heterocycles. The van der Waals surface area contributed by atoms with Crippen molar-refractivity contribution < 1.29 is 21.9 Å². The lowest BCUT2D eigenvalue weighted by Gasteiger charge is -2.22. The van der Waals surface area contributed by atoms with Gasteiger partial charge in [-0.25, -0.2) is 17.4 Å². The molecule has 0 spiro atoms. The maximum absolute atomic E-state index is 14.3. The summed E-state index contributed by atoms with van der Waals surface area (Å²) in [5, 5.41) is 3.20. The molecule has 3 rings (SSSR count). The first kappa shape index (κ1) is 23.3. The quantitative estimate of drug-likeness (QED) is 0.628. The van der Waals surface area contributed by atoms with E-state index in [0.29, 0.717) is 29.2 Å². The number of ether oxygens (including phenoxy) is 1. The molecule has 0 fully saturated rings. The molecule has 0 saturated carbocycles. The largest absolute Gasteiger partial charge is 0.378 e. The van der Waals surface area contributed by atoms with E-state index in [4.69, 9.17) is 4.74 Å². The van der Waals surface area contributed by atoms with E-state index in [0.717, 1.165) is 16.4 Å². The highest BCUT2D eigenvalue weighted by Crippen LogP contribution is 2.46. The standard InChI is InChI=1S/C19H23F2N3O3S.ClH/c1-14(2)22-10-12-27-13-11-23-17-8-3-4-9-18(17)24(28(23,25)26)19-15(20)6-5-7-16(19)21;/h3-9,14,22H,10-13H2,1-2H3;1H. The van der Waals surface area contributed by atoms with Gasteiger partial charge in [-0.3, -0.25) is 0 Å². The Morgan fingerprint density at radius 1 is 1.00 bits per heavy atom. The van der Waals surface area contributed by atoms with Crippen molar-refractivity contribution >= 4 is 39.7 Å². The fourth-order valence-corrected chi connectivity index (χ4v) is 4.73. The van der Waals surface area contributed by atoms with Gasteiger partial charge in [0.05, 0.1) is 31.1 Å². The van der Waals surface area contributed by atoms with Crippen LogP contribution in [0.25, 0.3) is 0 Å². The van der Waals surface area contributed by atoms with Crippen LogP contribution in [-0.2, 0) is 14.9 Å². The Balaban J connectivity index is 0.00000300. The van der Waals surface area contributed by atoms with Gasteiger partial charge < -0.3 is 10.1 Å². The maximum Gasteiger partial charge on any atom is 0.331 e. The van der Waals surface area contributed by atoms with Crippen molar-refractivity contribution in [2.24, 2.45) is 0 Å². The van der Waals surface area contributed by atoms with E-state index in [1.807, 2.05) is 13.8 Å². The maximum atomic E-state index is 14.3. The van der Waals surface area contributed by atoms with Crippen molar-refractivity contribution in [3.05, 3.63) is 54.1 Å². The Labute approximate surface area is 176 Å². The number of hydrogen-bond donors (Lipinski definition) is 1. The summed E-state index contributed by atoms with van der Waals surface area (Å²) >= 11 is 0. The number of nitrogens with one attached hydrogen (secondary N) is 1. The minimum Gasteiger partial charge on any atom is -0.378 e. The molecule has 6 nitrogen and oxygen atoms in total. The summed E-state index contributed by atoms with van der Waals surface area (Å²) in [4.78, 5) is 0. The summed E-state index contributed by atoms with van der Waals surface area (Å²) in [7, 11) is -4.20. The number of nitrogens with zero attached hydrogens (tertiary/aromatic N) is 2. The van der Waals surface area contributed by atoms with Crippen molar-refractivity contribution in [1.82, 2.24) is 5.32 Å². The number of halogens is 3. The minimum atomic E-state index is -4.20. The molecule has 10 heteroatoms. The summed E-state index contributed by atoms with van der Waals surface area (Å²) in [6.45, 7) is 5.30. The molecule has 0 atom stereocenters. The molecule has 0 unspecified atom stereocenters. The Bertz CT molecular complexity index is 924. The first-order valence-corrected chi connectivity index (χ1v) is 10.4. The molecule has 1 heterocycles. The third kappa shape index (κ3) is 4.80. The van der Waals surface area contributed by atoms with Gasteiger partial charge in [0.15, 0.2) is 11.6 Å². The van der Waals surface area contributed by atoms with Crippen LogP contribution in [0.2, 0.25) is 0 Å². The lowest BCUT2D eigenvalue weighted by Crippen LogP contribution is -2.38. The fourth-order valence-electron chi connectivity index (χ4n) is 3.02. The molecule has 1 aliphatic rings. The van der Waals surface area contributed by atoms with Crippen molar-refractivity contribution in [2.75, 3.05) is 34.9 Å². The second-order valence-corrected chi connectivity index (χ2v) is 8.33. The Hall–Kier alpha value is -1.94. The Morgan fingerprint density at radius 3 is 2.24 bits per heavy atom. The highest BCUT2D eigenvalue weighted by atomic mass is 35.5. The average Bonchev–Trinajstić information content (AvgIpc) is 2.85. The highest BCUT2D eigenvalue weighted by molar-refractivity contribution is 7.95. The van der Waals surface area contributed by atoms with Crippen LogP contribution < -0.4 is 13.9 Å². The molecule has 29 heavy (non-hydrogen) atoms. The number of fused-ring (bicyclic) bond motifs is 1. The fraction of sp³-hybridized carbons (Fsp3) is 0.368. The zero-order chi connectivity index (χ0) is 20.3. The predicted octanol–water partition coefficient (Wildman–Crippen LogP) is 3.60. The van der Waals surface area contributed by atoms with Crippen LogP contribution in [0.5, 0.6) is 0 Å². The van der Waals surface area contributed by atoms with Gasteiger partial charge in [-0.15, -0.1) is 12.4 Å². The predicted molar refractivity (Wildman–Crippen MR) is 112 cm³/mol. The second kappa shape index (κ2) is 9.71. The van der Waals surface area contributed by atoms with Crippen molar-refractivity contribution in [1.29, 1.82) is 0 Å². The van der Waals surface area contributed by atoms with E-state index < -0.39 is 27.5 Å². The van der Waals surface area contributed by atoms with Gasteiger partial charge in [0.25, 0.3) is 0 Å². The first-order valence-electron chi connectivity index (χ1n) is 9.01. The molecule has 1 aliphatic heterocycles. The molecule has 0 aliphatic carbocycles. The Kier molecular flexibility index (Phi) is 7.81. The smallest absolute Gasteiger partial charge is 0.331 e. The van der Waals surface area contributed by atoms with Gasteiger partial charge in [-0.2, -0.15) is 8.42 Å². The number of hydrogen-bond acceptors (Lipinski definition) is 4. The van der Waals surface area contributed by atoms with Crippen LogP contribution in [0.4, 0.5) is 25.8 Å². The third-order valence-electron chi connectivity index (χ3n) is 4.26. The van der Waals surface area contributed by atoms with Crippen LogP contribution in [0.15, 0.2) is 42.5 Å². The van der Waals surface area contributed by atoms with Gasteiger partial charge in [-0.05, 0) is 24.3 Å². The molecular formula is C19H24ClF2N3O3S. The zero-order valence-corrected chi connectivity index (χ0v) is 17.8. The number of rotatable bonds is 8. The normalized spacial score (nSPS) is 14.8. The second-order valence-electron chi connectivity index (χ2n) is 6.62. The lowest BCUT2D eigenvalue weighted by atomic mass is 10.2. The topological polar surface area (TPSA) is 61.9 Å². The van der Waals surface area contributed by atoms with Gasteiger partial charge in [-0.1, -0.05) is 32.0 Å². The monoisotopic (exact) mass is 447 g/mol. The van der Waals surface area contributed by atoms with Gasteiger partial charge >= 0.3 is 10.2 Å². The molecule has 0 aromatic heterocycles. The zero-order valence-electron chi connectivity index (χ0n) is 16.1. The van der Waals surface area contributed by atoms with Crippen LogP contribution >= 0.6 is 12.4 Å². The van der Waals surface area contributed by atoms with Crippen molar-refractivity contribution in [3.8, 4) is 0 Å². The van der Waals surface area contributed by atoms with Gasteiger partial charge in [0, 0.05) is 12.6 Å². The SMILES string of the molecule is CC(C)NCCOCCN1c2ccccc2N(c2c(F)cccc2F)S1(=O)=O.Cl. The summed E-state index contributed by atoms with van der Waals surface area (Å²) in [6.07, 6.45) is 0. The molecule has 0 radical (unpaired) electrons. The molecule has 160 valence electrons. The number of benzene rings is 2. The highest BCUT2D eigenvalue weighted by Gasteiger charge is 2.43. The van der Waals surface area contributed by atoms with Crippen LogP contribution in [0, 0.1) is 11.6 Å². The molecule has 0 bridgehead atoms. The third-order valence-corrected chi connectivity index (χ3v) is 6.03. The van der Waals surface area contributed by atoms with Crippen LogP contribution in [0.3, 0.4) is 0 Å². The van der Waals surface area contributed by atoms with Gasteiger partial charge in [0.2, 0.25) is 0 Å². The summed E-state index contributed by atoms with van der Waals surface area (Å²) in [5.74, 6) is -1.90. The summed E-state index contributed by atoms with van der Waals surface area (Å²) < 4.78 is 62.2. The van der Waals surface area contributed by atoms with E-state index in [-0.39, 0.29) is 31.2 Å². The van der Waals surface area contributed by atoms with E-state index >= 15 is 0 Å².